The summed E-state index contributed by atoms with van der Waals surface area (Å²) in [5, 5.41) is 0. The third-order valence-corrected chi connectivity index (χ3v) is 17.1. The van der Waals surface area contributed by atoms with Crippen LogP contribution in [0, 0.1) is 51.8 Å². The number of esters is 2. The molecular formula is C57H76O7. The van der Waals surface area contributed by atoms with Crippen LogP contribution in [0.3, 0.4) is 0 Å². The number of fused-ring (bicyclic) bond motifs is 5. The number of allylic oxidation sites excluding steroid dienone is 1. The fourth-order valence-electron chi connectivity index (χ4n) is 12.9. The molecule has 8 unspecified atom stereocenters. The van der Waals surface area contributed by atoms with Crippen LogP contribution < -0.4 is 9.47 Å². The van der Waals surface area contributed by atoms with Gasteiger partial charge < -0.3 is 23.7 Å². The molecule has 64 heavy (non-hydrogen) atoms. The van der Waals surface area contributed by atoms with Crippen molar-refractivity contribution in [2.75, 3.05) is 33.0 Å². The van der Waals surface area contributed by atoms with Gasteiger partial charge in [-0.3, -0.25) is 0 Å². The van der Waals surface area contributed by atoms with Gasteiger partial charge in [-0.1, -0.05) is 96.7 Å². The van der Waals surface area contributed by atoms with Crippen LogP contribution in [-0.4, -0.2) is 51.1 Å². The quantitative estimate of drug-likeness (QED) is 0.0514. The zero-order chi connectivity index (χ0) is 44.9. The summed E-state index contributed by atoms with van der Waals surface area (Å²) in [6.45, 7) is 18.4. The number of hydrogen-bond acceptors (Lipinski definition) is 7. The van der Waals surface area contributed by atoms with Crippen LogP contribution >= 0.6 is 0 Å². The summed E-state index contributed by atoms with van der Waals surface area (Å²) in [4.78, 5) is 26.5. The summed E-state index contributed by atoms with van der Waals surface area (Å²) >= 11 is 0. The molecule has 5 aliphatic rings. The number of unbranched alkanes of at least 4 members (excludes halogenated alkanes) is 1. The fraction of sp³-hybridized carbons (Fsp3) is 0.614. The van der Waals surface area contributed by atoms with Gasteiger partial charge in [-0.15, -0.1) is 0 Å². The molecule has 4 aliphatic carbocycles. The first-order valence-corrected chi connectivity index (χ1v) is 25.1. The predicted octanol–water partition coefficient (Wildman–Crippen LogP) is 13.7. The molecule has 3 saturated carbocycles. The molecule has 8 atom stereocenters. The van der Waals surface area contributed by atoms with Gasteiger partial charge in [0.2, 0.25) is 0 Å². The van der Waals surface area contributed by atoms with Crippen LogP contribution in [0.5, 0.6) is 11.5 Å². The standard InChI is InChI=1S/C57H76O7/c1-7-57(37-61-38-57)36-60-33-8-9-34-62-46-22-24-47(25-23-46)63-53(58)43-17-13-41(14-18-43)42-15-19-44(20-16-42)54(59)64-48-29-31-55(5)45(35-48)21-26-49-51-28-27-50(40(4)12-10-11-39(2)3)56(51,6)32-30-52(49)55/h13-25,39-40,48-52H,7-12,26-38H2,1-6H3. The van der Waals surface area contributed by atoms with E-state index in [1.54, 1.807) is 29.8 Å². The second kappa shape index (κ2) is 20.3. The first-order valence-electron chi connectivity index (χ1n) is 25.1. The van der Waals surface area contributed by atoms with Crippen molar-refractivity contribution in [1.29, 1.82) is 0 Å². The van der Waals surface area contributed by atoms with E-state index in [0.29, 0.717) is 28.9 Å². The van der Waals surface area contributed by atoms with E-state index < -0.39 is 5.97 Å². The summed E-state index contributed by atoms with van der Waals surface area (Å²) < 4.78 is 29.0. The predicted molar refractivity (Wildman–Crippen MR) is 255 cm³/mol. The van der Waals surface area contributed by atoms with E-state index in [0.717, 1.165) is 117 Å². The van der Waals surface area contributed by atoms with Crippen molar-refractivity contribution in [2.45, 2.75) is 138 Å². The highest BCUT2D eigenvalue weighted by atomic mass is 16.5. The van der Waals surface area contributed by atoms with Crippen LogP contribution in [-0.2, 0) is 14.2 Å². The lowest BCUT2D eigenvalue weighted by Crippen LogP contribution is -2.51. The molecule has 1 heterocycles. The van der Waals surface area contributed by atoms with Gasteiger partial charge in [-0.05, 0) is 170 Å². The van der Waals surface area contributed by atoms with E-state index in [1.165, 1.54) is 51.4 Å². The van der Waals surface area contributed by atoms with Gasteiger partial charge in [-0.25, -0.2) is 9.59 Å². The first kappa shape index (κ1) is 46.6. The molecule has 0 amide bonds. The second-order valence-corrected chi connectivity index (χ2v) is 21.5. The molecule has 7 heteroatoms. The van der Waals surface area contributed by atoms with E-state index >= 15 is 0 Å². The van der Waals surface area contributed by atoms with Crippen molar-refractivity contribution in [3.63, 3.8) is 0 Å². The van der Waals surface area contributed by atoms with Gasteiger partial charge in [0.25, 0.3) is 0 Å². The molecule has 8 rings (SSSR count). The highest BCUT2D eigenvalue weighted by molar-refractivity contribution is 5.92. The average Bonchev–Trinajstić information content (AvgIpc) is 3.65. The maximum absolute atomic E-state index is 13.5. The lowest BCUT2D eigenvalue weighted by molar-refractivity contribution is -0.150. The van der Waals surface area contributed by atoms with Crippen LogP contribution in [0.2, 0.25) is 0 Å². The van der Waals surface area contributed by atoms with Crippen LogP contribution in [0.1, 0.15) is 152 Å². The van der Waals surface area contributed by atoms with E-state index in [-0.39, 0.29) is 22.9 Å². The minimum atomic E-state index is -0.426. The molecule has 0 bridgehead atoms. The average molecular weight is 873 g/mol. The van der Waals surface area contributed by atoms with Crippen LogP contribution in [0.4, 0.5) is 0 Å². The summed E-state index contributed by atoms with van der Waals surface area (Å²) in [7, 11) is 0. The molecule has 3 aromatic rings. The van der Waals surface area contributed by atoms with Crippen molar-refractivity contribution >= 4 is 11.9 Å². The lowest BCUT2D eigenvalue weighted by atomic mass is 9.47. The summed E-state index contributed by atoms with van der Waals surface area (Å²) in [5.74, 6) is 5.43. The molecule has 4 fully saturated rings. The van der Waals surface area contributed by atoms with Crippen molar-refractivity contribution in [1.82, 2.24) is 0 Å². The number of carbonyl (C=O) groups excluding carboxylic acids is 2. The molecule has 1 saturated heterocycles. The molecule has 346 valence electrons. The van der Waals surface area contributed by atoms with E-state index in [1.807, 2.05) is 48.5 Å². The molecule has 0 aromatic heterocycles. The SMILES string of the molecule is CCC1(COCCCCOc2ccc(OC(=O)c3ccc(-c4ccc(C(=O)OC5CCC6(C)C(=CCC7C6CCC6(C)C(C(C)CCCC(C)C)CCC76)C5)cc4)cc3)cc2)COC1. The Morgan fingerprint density at radius 1 is 0.734 bits per heavy atom. The van der Waals surface area contributed by atoms with E-state index in [9.17, 15) is 9.59 Å². The highest BCUT2D eigenvalue weighted by Crippen LogP contribution is 2.67. The third kappa shape index (κ3) is 10.2. The largest absolute Gasteiger partial charge is 0.494 e. The summed E-state index contributed by atoms with van der Waals surface area (Å²) in [6, 6.07) is 22.1. The number of hydrogen-bond donors (Lipinski definition) is 0. The number of rotatable bonds is 19. The van der Waals surface area contributed by atoms with Crippen LogP contribution in [0.15, 0.2) is 84.4 Å². The van der Waals surface area contributed by atoms with E-state index in [2.05, 4.69) is 47.6 Å². The van der Waals surface area contributed by atoms with Crippen molar-refractivity contribution in [3.05, 3.63) is 95.6 Å². The monoisotopic (exact) mass is 873 g/mol. The second-order valence-electron chi connectivity index (χ2n) is 21.5. The first-order chi connectivity index (χ1) is 30.9. The Balaban J connectivity index is 0.774. The van der Waals surface area contributed by atoms with Gasteiger partial charge in [0.1, 0.15) is 17.6 Å². The maximum atomic E-state index is 13.5. The molecule has 7 nitrogen and oxygen atoms in total. The lowest BCUT2D eigenvalue weighted by Gasteiger charge is -2.58. The van der Waals surface area contributed by atoms with Gasteiger partial charge >= 0.3 is 11.9 Å². The minimum Gasteiger partial charge on any atom is -0.494 e. The molecule has 1 aliphatic heterocycles. The van der Waals surface area contributed by atoms with Gasteiger partial charge in [0.15, 0.2) is 0 Å². The van der Waals surface area contributed by atoms with Gasteiger partial charge in [0, 0.05) is 18.4 Å². The van der Waals surface area contributed by atoms with Crippen molar-refractivity contribution in [3.8, 4) is 22.6 Å². The zero-order valence-corrected chi connectivity index (χ0v) is 39.8. The summed E-state index contributed by atoms with van der Waals surface area (Å²) in [5.41, 5.74) is 5.42. The molecule has 0 N–H and O–H groups in total. The van der Waals surface area contributed by atoms with Crippen LogP contribution in [0.25, 0.3) is 11.1 Å². The molecule has 0 radical (unpaired) electrons. The Morgan fingerprint density at radius 3 is 2.06 bits per heavy atom. The topological polar surface area (TPSA) is 80.3 Å². The van der Waals surface area contributed by atoms with Crippen molar-refractivity contribution in [2.24, 2.45) is 51.8 Å². The number of ether oxygens (including phenoxy) is 5. The Labute approximate surface area is 384 Å². The van der Waals surface area contributed by atoms with E-state index in [4.69, 9.17) is 23.7 Å². The zero-order valence-electron chi connectivity index (χ0n) is 39.8. The molecular weight excluding hydrogens is 797 g/mol. The smallest absolute Gasteiger partial charge is 0.343 e. The Hall–Kier alpha value is -3.94. The molecule has 0 spiro atoms. The third-order valence-electron chi connectivity index (χ3n) is 17.1. The normalized spacial score (nSPS) is 28.5. The number of carbonyl (C=O) groups is 2. The molecule has 3 aromatic carbocycles. The Bertz CT molecular complexity index is 2040. The van der Waals surface area contributed by atoms with Gasteiger partial charge in [-0.2, -0.15) is 0 Å². The fourth-order valence-corrected chi connectivity index (χ4v) is 12.9. The maximum Gasteiger partial charge on any atom is 0.343 e. The Kier molecular flexibility index (Phi) is 14.8. The van der Waals surface area contributed by atoms with Crippen molar-refractivity contribution < 1.29 is 33.3 Å². The van der Waals surface area contributed by atoms with Gasteiger partial charge in [0.05, 0.1) is 37.6 Å². The Morgan fingerprint density at radius 2 is 1.41 bits per heavy atom. The minimum absolute atomic E-state index is 0.0784. The highest BCUT2D eigenvalue weighted by Gasteiger charge is 2.59. The summed E-state index contributed by atoms with van der Waals surface area (Å²) in [6.07, 6.45) is 19.2. The number of benzene rings is 3.